The Hall–Kier alpha value is -3.34. The molecule has 0 saturated heterocycles. The van der Waals surface area contributed by atoms with E-state index in [1.54, 1.807) is 0 Å². The van der Waals surface area contributed by atoms with Gasteiger partial charge in [0.2, 0.25) is 6.54 Å². The summed E-state index contributed by atoms with van der Waals surface area (Å²) in [6.07, 6.45) is 4.63. The maximum absolute atomic E-state index is 12.4. The zero-order valence-electron chi connectivity index (χ0n) is 17.6. The number of nitrogens with zero attached hydrogens (tertiary/aromatic N) is 1. The first-order valence-electron chi connectivity index (χ1n) is 10.4. The average molecular weight is 406 g/mol. The van der Waals surface area contributed by atoms with Crippen LogP contribution in [0, 0.1) is 0 Å². The van der Waals surface area contributed by atoms with Gasteiger partial charge in [-0.2, -0.15) is 4.57 Å². The Balaban J connectivity index is 1.53. The summed E-state index contributed by atoms with van der Waals surface area (Å²) in [6, 6.07) is 20.1. The maximum Gasteiger partial charge on any atom is 0.285 e. The third-order valence-corrected chi connectivity index (χ3v) is 4.64. The number of aromatic nitrogens is 1. The Morgan fingerprint density at radius 1 is 0.900 bits per heavy atom. The SMILES string of the molecule is CCOc1ccc(CCNC(=O)C[n+]2cccc(-c3ccccc3)c2)cc1OCC. The van der Waals surface area contributed by atoms with Gasteiger partial charge in [0, 0.05) is 18.2 Å². The molecule has 5 nitrogen and oxygen atoms in total. The molecule has 1 amide bonds. The minimum atomic E-state index is -0.0128. The van der Waals surface area contributed by atoms with Gasteiger partial charge in [-0.3, -0.25) is 4.79 Å². The summed E-state index contributed by atoms with van der Waals surface area (Å²) in [6.45, 7) is 5.93. The molecule has 1 heterocycles. The third kappa shape index (κ3) is 6.08. The molecule has 2 aromatic carbocycles. The van der Waals surface area contributed by atoms with E-state index in [9.17, 15) is 4.79 Å². The highest BCUT2D eigenvalue weighted by atomic mass is 16.5. The molecule has 1 aromatic heterocycles. The highest BCUT2D eigenvalue weighted by Crippen LogP contribution is 2.28. The Labute approximate surface area is 178 Å². The standard InChI is InChI=1S/C25H28N2O3/c1-3-29-23-13-12-20(17-24(23)30-4-2)14-15-26-25(28)19-27-16-8-11-22(18-27)21-9-6-5-7-10-21/h5-13,16-18H,3-4,14-15,19H2,1-2H3/p+1. The first-order chi connectivity index (χ1) is 14.7. The number of amides is 1. The van der Waals surface area contributed by atoms with Crippen molar-refractivity contribution in [2.75, 3.05) is 19.8 Å². The van der Waals surface area contributed by atoms with E-state index in [0.717, 1.165) is 34.6 Å². The van der Waals surface area contributed by atoms with Gasteiger partial charge in [-0.25, -0.2) is 0 Å². The Bertz CT molecular complexity index is 958. The summed E-state index contributed by atoms with van der Waals surface area (Å²) in [5.74, 6) is 1.49. The van der Waals surface area contributed by atoms with Crippen LogP contribution in [-0.2, 0) is 17.8 Å². The molecule has 0 spiro atoms. The number of rotatable bonds is 10. The molecule has 0 saturated carbocycles. The van der Waals surface area contributed by atoms with Gasteiger partial charge in [-0.1, -0.05) is 36.4 Å². The van der Waals surface area contributed by atoms with Gasteiger partial charge in [-0.05, 0) is 49.6 Å². The summed E-state index contributed by atoms with van der Waals surface area (Å²) in [5.41, 5.74) is 3.32. The largest absolute Gasteiger partial charge is 0.490 e. The quantitative estimate of drug-likeness (QED) is 0.522. The molecule has 5 heteroatoms. The second-order valence-electron chi connectivity index (χ2n) is 6.88. The van der Waals surface area contributed by atoms with Crippen LogP contribution < -0.4 is 19.4 Å². The van der Waals surface area contributed by atoms with E-state index in [2.05, 4.69) is 17.4 Å². The average Bonchev–Trinajstić information content (AvgIpc) is 2.76. The molecule has 0 aliphatic heterocycles. The van der Waals surface area contributed by atoms with Crippen molar-refractivity contribution in [3.8, 4) is 22.6 Å². The van der Waals surface area contributed by atoms with Crippen LogP contribution in [0.3, 0.4) is 0 Å². The van der Waals surface area contributed by atoms with Gasteiger partial charge in [0.15, 0.2) is 23.9 Å². The summed E-state index contributed by atoms with van der Waals surface area (Å²) >= 11 is 0. The molecular weight excluding hydrogens is 376 g/mol. The van der Waals surface area contributed by atoms with Gasteiger partial charge in [0.05, 0.1) is 13.2 Å². The summed E-state index contributed by atoms with van der Waals surface area (Å²) < 4.78 is 13.2. The summed E-state index contributed by atoms with van der Waals surface area (Å²) in [7, 11) is 0. The van der Waals surface area contributed by atoms with E-state index in [1.807, 2.05) is 79.3 Å². The lowest BCUT2D eigenvalue weighted by Gasteiger charge is -2.12. The fraction of sp³-hybridized carbons (Fsp3) is 0.280. The molecule has 30 heavy (non-hydrogen) atoms. The van der Waals surface area contributed by atoms with Crippen LogP contribution in [0.5, 0.6) is 11.5 Å². The number of benzene rings is 2. The van der Waals surface area contributed by atoms with E-state index < -0.39 is 0 Å². The first-order valence-corrected chi connectivity index (χ1v) is 10.4. The smallest absolute Gasteiger partial charge is 0.285 e. The van der Waals surface area contributed by atoms with Gasteiger partial charge in [0.25, 0.3) is 5.91 Å². The molecule has 0 bridgehead atoms. The third-order valence-electron chi connectivity index (χ3n) is 4.64. The summed E-state index contributed by atoms with van der Waals surface area (Å²) in [5, 5.41) is 3.00. The van der Waals surface area contributed by atoms with Crippen molar-refractivity contribution in [1.29, 1.82) is 0 Å². The second-order valence-corrected chi connectivity index (χ2v) is 6.88. The second kappa shape index (κ2) is 11.0. The van der Waals surface area contributed by atoms with Crippen molar-refractivity contribution >= 4 is 5.91 Å². The van der Waals surface area contributed by atoms with Crippen molar-refractivity contribution in [2.24, 2.45) is 0 Å². The molecule has 0 aliphatic rings. The molecule has 156 valence electrons. The highest BCUT2D eigenvalue weighted by molar-refractivity contribution is 5.74. The minimum Gasteiger partial charge on any atom is -0.490 e. The van der Waals surface area contributed by atoms with Gasteiger partial charge in [0.1, 0.15) is 0 Å². The van der Waals surface area contributed by atoms with Crippen LogP contribution in [0.15, 0.2) is 73.1 Å². The number of nitrogens with one attached hydrogen (secondary N) is 1. The molecule has 0 fully saturated rings. The van der Waals surface area contributed by atoms with E-state index in [1.165, 1.54) is 0 Å². The predicted molar refractivity (Wildman–Crippen MR) is 118 cm³/mol. The van der Waals surface area contributed by atoms with Crippen LogP contribution in [0.4, 0.5) is 0 Å². The molecule has 0 atom stereocenters. The zero-order chi connectivity index (χ0) is 21.2. The minimum absolute atomic E-state index is 0.0128. The van der Waals surface area contributed by atoms with Crippen LogP contribution >= 0.6 is 0 Å². The highest BCUT2D eigenvalue weighted by Gasteiger charge is 2.11. The molecule has 0 unspecified atom stereocenters. The lowest BCUT2D eigenvalue weighted by molar-refractivity contribution is -0.684. The number of ether oxygens (including phenoxy) is 2. The van der Waals surface area contributed by atoms with E-state index in [4.69, 9.17) is 9.47 Å². The van der Waals surface area contributed by atoms with E-state index >= 15 is 0 Å². The molecule has 3 aromatic rings. The van der Waals surface area contributed by atoms with Gasteiger partial charge < -0.3 is 14.8 Å². The number of carbonyl (C=O) groups is 1. The zero-order valence-corrected chi connectivity index (χ0v) is 17.6. The number of hydrogen-bond acceptors (Lipinski definition) is 3. The predicted octanol–water partition coefficient (Wildman–Crippen LogP) is 3.80. The van der Waals surface area contributed by atoms with Crippen molar-refractivity contribution in [1.82, 2.24) is 5.32 Å². The van der Waals surface area contributed by atoms with Crippen LogP contribution in [-0.4, -0.2) is 25.7 Å². The lowest BCUT2D eigenvalue weighted by Crippen LogP contribution is -2.43. The van der Waals surface area contributed by atoms with Gasteiger partial charge >= 0.3 is 0 Å². The van der Waals surface area contributed by atoms with Crippen LogP contribution in [0.2, 0.25) is 0 Å². The topological polar surface area (TPSA) is 51.4 Å². The number of carbonyl (C=O) groups excluding carboxylic acids is 1. The fourth-order valence-electron chi connectivity index (χ4n) is 3.24. The molecular formula is C25H29N2O3+. The molecule has 3 rings (SSSR count). The Morgan fingerprint density at radius 2 is 1.63 bits per heavy atom. The van der Waals surface area contributed by atoms with Crippen LogP contribution in [0.25, 0.3) is 11.1 Å². The van der Waals surface area contributed by atoms with Crippen molar-refractivity contribution in [2.45, 2.75) is 26.8 Å². The fourth-order valence-corrected chi connectivity index (χ4v) is 3.24. The molecule has 0 radical (unpaired) electrons. The van der Waals surface area contributed by atoms with Crippen molar-refractivity contribution in [3.63, 3.8) is 0 Å². The van der Waals surface area contributed by atoms with Crippen LogP contribution in [0.1, 0.15) is 19.4 Å². The number of pyridine rings is 1. The van der Waals surface area contributed by atoms with Crippen molar-refractivity contribution in [3.05, 3.63) is 78.6 Å². The normalized spacial score (nSPS) is 10.5. The van der Waals surface area contributed by atoms with Crippen molar-refractivity contribution < 1.29 is 18.8 Å². The van der Waals surface area contributed by atoms with Gasteiger partial charge in [-0.15, -0.1) is 0 Å². The van der Waals surface area contributed by atoms with E-state index in [-0.39, 0.29) is 12.5 Å². The monoisotopic (exact) mass is 405 g/mol. The summed E-state index contributed by atoms with van der Waals surface area (Å²) in [4.78, 5) is 12.4. The first kappa shape index (κ1) is 21.4. The Morgan fingerprint density at radius 3 is 2.40 bits per heavy atom. The Kier molecular flexibility index (Phi) is 7.84. The molecule has 0 aliphatic carbocycles. The van der Waals surface area contributed by atoms with E-state index in [0.29, 0.717) is 19.8 Å². The number of hydrogen-bond donors (Lipinski definition) is 1. The molecule has 1 N–H and O–H groups in total. The maximum atomic E-state index is 12.4. The lowest BCUT2D eigenvalue weighted by atomic mass is 10.1.